The van der Waals surface area contributed by atoms with Crippen LogP contribution in [0.3, 0.4) is 0 Å². The van der Waals surface area contributed by atoms with E-state index in [2.05, 4.69) is 36.6 Å². The third-order valence-corrected chi connectivity index (χ3v) is 4.58. The van der Waals surface area contributed by atoms with Crippen molar-refractivity contribution in [1.82, 2.24) is 10.6 Å². The third-order valence-electron chi connectivity index (χ3n) is 4.58. The second-order valence-electron chi connectivity index (χ2n) is 7.32. The van der Waals surface area contributed by atoms with Gasteiger partial charge in [-0.15, -0.1) is 0 Å². The number of ether oxygens (including phenoxy) is 1. The van der Waals surface area contributed by atoms with Gasteiger partial charge in [-0.25, -0.2) is 0 Å². The van der Waals surface area contributed by atoms with Crippen molar-refractivity contribution in [2.24, 2.45) is 0 Å². The highest BCUT2D eigenvalue weighted by Crippen LogP contribution is 2.21. The van der Waals surface area contributed by atoms with E-state index >= 15 is 0 Å². The maximum absolute atomic E-state index is 12.3. The molecule has 0 aromatic heterocycles. The SMILES string of the molecule is CCOc1ccccc1C(=O)NCCCC(=O)NCC(C)(C)c1ccccc1. The van der Waals surface area contributed by atoms with E-state index in [9.17, 15) is 9.59 Å². The normalized spacial score (nSPS) is 11.0. The molecule has 5 heteroatoms. The van der Waals surface area contributed by atoms with E-state index in [1.807, 2.05) is 31.2 Å². The number of carbonyl (C=O) groups is 2. The summed E-state index contributed by atoms with van der Waals surface area (Å²) in [6.45, 7) is 7.62. The van der Waals surface area contributed by atoms with Crippen LogP contribution in [-0.2, 0) is 10.2 Å². The number of carbonyl (C=O) groups excluding carboxylic acids is 2. The molecule has 0 unspecified atom stereocenters. The highest BCUT2D eigenvalue weighted by atomic mass is 16.5. The quantitative estimate of drug-likeness (QED) is 0.616. The summed E-state index contributed by atoms with van der Waals surface area (Å²) in [4.78, 5) is 24.4. The molecule has 2 rings (SSSR count). The molecule has 0 heterocycles. The topological polar surface area (TPSA) is 67.4 Å². The predicted octanol–water partition coefficient (Wildman–Crippen LogP) is 3.69. The molecule has 0 aliphatic rings. The minimum absolute atomic E-state index is 0.00651. The van der Waals surface area contributed by atoms with Crippen molar-refractivity contribution in [2.75, 3.05) is 19.7 Å². The first kappa shape index (κ1) is 21.5. The molecule has 2 aromatic carbocycles. The minimum atomic E-state index is -0.185. The fourth-order valence-corrected chi connectivity index (χ4v) is 2.88. The van der Waals surface area contributed by atoms with E-state index in [0.29, 0.717) is 43.9 Å². The Balaban J connectivity index is 1.72. The zero-order valence-electron chi connectivity index (χ0n) is 17.0. The summed E-state index contributed by atoms with van der Waals surface area (Å²) in [5.41, 5.74) is 1.57. The number of rotatable bonds is 10. The van der Waals surface area contributed by atoms with Gasteiger partial charge in [0.05, 0.1) is 12.2 Å². The van der Waals surface area contributed by atoms with Crippen LogP contribution in [0.1, 0.15) is 49.5 Å². The van der Waals surface area contributed by atoms with Crippen molar-refractivity contribution in [1.29, 1.82) is 0 Å². The molecule has 0 atom stereocenters. The Morgan fingerprint density at radius 1 is 0.964 bits per heavy atom. The van der Waals surface area contributed by atoms with Crippen molar-refractivity contribution in [3.8, 4) is 5.75 Å². The van der Waals surface area contributed by atoms with Gasteiger partial charge in [-0.05, 0) is 31.0 Å². The van der Waals surface area contributed by atoms with E-state index in [1.54, 1.807) is 18.2 Å². The molecular weight excluding hydrogens is 352 g/mol. The van der Waals surface area contributed by atoms with Crippen LogP contribution in [0, 0.1) is 0 Å². The zero-order chi connectivity index (χ0) is 20.4. The zero-order valence-corrected chi connectivity index (χ0v) is 17.0. The van der Waals surface area contributed by atoms with Crippen LogP contribution in [0.25, 0.3) is 0 Å². The van der Waals surface area contributed by atoms with Crippen molar-refractivity contribution >= 4 is 11.8 Å². The average Bonchev–Trinajstić information content (AvgIpc) is 2.71. The van der Waals surface area contributed by atoms with Crippen LogP contribution in [0.2, 0.25) is 0 Å². The number of amides is 2. The number of hydrogen-bond donors (Lipinski definition) is 2. The first-order valence-electron chi connectivity index (χ1n) is 9.76. The molecule has 5 nitrogen and oxygen atoms in total. The largest absolute Gasteiger partial charge is 0.493 e. The second-order valence-corrected chi connectivity index (χ2v) is 7.32. The van der Waals surface area contributed by atoms with Gasteiger partial charge in [-0.1, -0.05) is 56.3 Å². The van der Waals surface area contributed by atoms with Gasteiger partial charge < -0.3 is 15.4 Å². The molecule has 2 amide bonds. The summed E-state index contributed by atoms with van der Waals surface area (Å²) < 4.78 is 5.48. The maximum Gasteiger partial charge on any atom is 0.255 e. The predicted molar refractivity (Wildman–Crippen MR) is 112 cm³/mol. The molecule has 0 saturated heterocycles. The summed E-state index contributed by atoms with van der Waals surface area (Å²) in [5, 5.41) is 5.85. The Hall–Kier alpha value is -2.82. The molecule has 0 aliphatic carbocycles. The van der Waals surface area contributed by atoms with Crippen LogP contribution in [-0.4, -0.2) is 31.5 Å². The first-order chi connectivity index (χ1) is 13.4. The summed E-state index contributed by atoms with van der Waals surface area (Å²) >= 11 is 0. The number of hydrogen-bond acceptors (Lipinski definition) is 3. The van der Waals surface area contributed by atoms with Crippen molar-refractivity contribution in [2.45, 2.75) is 39.0 Å². The Kier molecular flexibility index (Phi) is 8.05. The van der Waals surface area contributed by atoms with E-state index in [-0.39, 0.29) is 17.2 Å². The third kappa shape index (κ3) is 6.41. The van der Waals surface area contributed by atoms with Crippen LogP contribution >= 0.6 is 0 Å². The number of para-hydroxylation sites is 1. The Morgan fingerprint density at radius 3 is 2.36 bits per heavy atom. The lowest BCUT2D eigenvalue weighted by molar-refractivity contribution is -0.121. The second kappa shape index (κ2) is 10.5. The van der Waals surface area contributed by atoms with Crippen LogP contribution < -0.4 is 15.4 Å². The Bertz CT molecular complexity index is 772. The molecular formula is C23H30N2O3. The molecule has 0 bridgehead atoms. The van der Waals surface area contributed by atoms with Gasteiger partial charge in [-0.2, -0.15) is 0 Å². The van der Waals surface area contributed by atoms with Gasteiger partial charge in [0, 0.05) is 24.9 Å². The van der Waals surface area contributed by atoms with Crippen molar-refractivity contribution in [3.63, 3.8) is 0 Å². The lowest BCUT2D eigenvalue weighted by Gasteiger charge is -2.25. The maximum atomic E-state index is 12.3. The molecule has 2 N–H and O–H groups in total. The molecule has 0 fully saturated rings. The van der Waals surface area contributed by atoms with Gasteiger partial charge >= 0.3 is 0 Å². The molecule has 0 radical (unpaired) electrons. The minimum Gasteiger partial charge on any atom is -0.493 e. The monoisotopic (exact) mass is 382 g/mol. The van der Waals surface area contributed by atoms with Gasteiger partial charge in [0.25, 0.3) is 5.91 Å². The summed E-state index contributed by atoms with van der Waals surface area (Å²) in [6.07, 6.45) is 0.957. The average molecular weight is 383 g/mol. The summed E-state index contributed by atoms with van der Waals surface area (Å²) in [5.74, 6) is 0.381. The molecule has 0 aliphatic heterocycles. The summed E-state index contributed by atoms with van der Waals surface area (Å²) in [7, 11) is 0. The van der Waals surface area contributed by atoms with E-state index < -0.39 is 0 Å². The van der Waals surface area contributed by atoms with Gasteiger partial charge in [-0.3, -0.25) is 9.59 Å². The highest BCUT2D eigenvalue weighted by Gasteiger charge is 2.21. The fraction of sp³-hybridized carbons (Fsp3) is 0.391. The Morgan fingerprint density at radius 2 is 1.64 bits per heavy atom. The molecule has 28 heavy (non-hydrogen) atoms. The van der Waals surface area contributed by atoms with E-state index in [1.165, 1.54) is 5.56 Å². The molecule has 0 spiro atoms. The number of nitrogens with one attached hydrogen (secondary N) is 2. The first-order valence-corrected chi connectivity index (χ1v) is 9.76. The van der Waals surface area contributed by atoms with Gasteiger partial charge in [0.2, 0.25) is 5.91 Å². The lowest BCUT2D eigenvalue weighted by Crippen LogP contribution is -2.37. The fourth-order valence-electron chi connectivity index (χ4n) is 2.88. The summed E-state index contributed by atoms with van der Waals surface area (Å²) in [6, 6.07) is 17.3. The number of benzene rings is 2. The van der Waals surface area contributed by atoms with E-state index in [0.717, 1.165) is 0 Å². The molecule has 0 saturated carbocycles. The van der Waals surface area contributed by atoms with E-state index in [4.69, 9.17) is 4.74 Å². The van der Waals surface area contributed by atoms with Crippen molar-refractivity contribution in [3.05, 3.63) is 65.7 Å². The molecule has 2 aromatic rings. The van der Waals surface area contributed by atoms with Crippen LogP contribution in [0.15, 0.2) is 54.6 Å². The molecule has 150 valence electrons. The van der Waals surface area contributed by atoms with Crippen LogP contribution in [0.4, 0.5) is 0 Å². The van der Waals surface area contributed by atoms with Gasteiger partial charge in [0.1, 0.15) is 5.75 Å². The van der Waals surface area contributed by atoms with Crippen LogP contribution in [0.5, 0.6) is 5.75 Å². The van der Waals surface area contributed by atoms with Crippen molar-refractivity contribution < 1.29 is 14.3 Å². The standard InChI is InChI=1S/C23H30N2O3/c1-4-28-20-14-9-8-13-19(20)22(27)24-16-10-15-21(26)25-17-23(2,3)18-11-6-5-7-12-18/h5-9,11-14H,4,10,15-17H2,1-3H3,(H,24,27)(H,25,26). The lowest BCUT2D eigenvalue weighted by atomic mass is 9.84. The smallest absolute Gasteiger partial charge is 0.255 e. The van der Waals surface area contributed by atoms with Gasteiger partial charge in [0.15, 0.2) is 0 Å². The Labute approximate surface area is 167 Å². The highest BCUT2D eigenvalue weighted by molar-refractivity contribution is 5.96.